The van der Waals surface area contributed by atoms with Crippen molar-refractivity contribution in [1.82, 2.24) is 5.32 Å². The van der Waals surface area contributed by atoms with Crippen molar-refractivity contribution in [2.45, 2.75) is 45.8 Å². The van der Waals surface area contributed by atoms with E-state index < -0.39 is 11.7 Å². The number of amides is 1. The standard InChI is InChI=1S/C9H19N3O3/c1-6(5-7(10)12-14)11-8(13)15-9(2,3)4/h6,14H,5H2,1-4H3,(H2,10,12)(H,11,13)/t6-/m1/s1. The minimum atomic E-state index is -0.527. The van der Waals surface area contributed by atoms with E-state index in [1.165, 1.54) is 0 Å². The van der Waals surface area contributed by atoms with Gasteiger partial charge in [0.05, 0.1) is 0 Å². The number of amidine groups is 1. The summed E-state index contributed by atoms with van der Waals surface area (Å²) >= 11 is 0. The van der Waals surface area contributed by atoms with Gasteiger partial charge in [-0.2, -0.15) is 0 Å². The number of nitrogens with one attached hydrogen (secondary N) is 1. The molecule has 15 heavy (non-hydrogen) atoms. The summed E-state index contributed by atoms with van der Waals surface area (Å²) in [6.45, 7) is 7.07. The van der Waals surface area contributed by atoms with Crippen molar-refractivity contribution in [1.29, 1.82) is 0 Å². The van der Waals surface area contributed by atoms with Crippen molar-refractivity contribution >= 4 is 11.9 Å². The quantitative estimate of drug-likeness (QED) is 0.285. The molecule has 0 aliphatic heterocycles. The molecule has 6 nitrogen and oxygen atoms in total. The molecule has 0 rings (SSSR count). The molecule has 1 amide bonds. The SMILES string of the molecule is C[C@H](C/C(N)=N/O)NC(=O)OC(C)(C)C. The van der Waals surface area contributed by atoms with Gasteiger partial charge in [0.2, 0.25) is 0 Å². The zero-order valence-corrected chi connectivity index (χ0v) is 9.57. The minimum Gasteiger partial charge on any atom is -0.444 e. The second kappa shape index (κ2) is 5.43. The maximum atomic E-state index is 11.3. The van der Waals surface area contributed by atoms with E-state index in [1.807, 2.05) is 0 Å². The van der Waals surface area contributed by atoms with Crippen LogP contribution in [0.2, 0.25) is 0 Å². The number of rotatable bonds is 3. The third kappa shape index (κ3) is 7.60. The highest BCUT2D eigenvalue weighted by atomic mass is 16.6. The average Bonchev–Trinajstić information content (AvgIpc) is 1.99. The number of hydrogen-bond donors (Lipinski definition) is 3. The molecule has 0 saturated heterocycles. The number of alkyl carbamates (subject to hydrolysis) is 1. The van der Waals surface area contributed by atoms with Gasteiger partial charge in [0.25, 0.3) is 0 Å². The van der Waals surface area contributed by atoms with E-state index in [9.17, 15) is 4.79 Å². The van der Waals surface area contributed by atoms with Crippen molar-refractivity contribution in [3.05, 3.63) is 0 Å². The Labute approximate surface area is 89.5 Å². The Kier molecular flexibility index (Phi) is 4.90. The second-order valence-corrected chi connectivity index (χ2v) is 4.34. The van der Waals surface area contributed by atoms with Gasteiger partial charge in [-0.15, -0.1) is 0 Å². The molecule has 0 radical (unpaired) electrons. The molecule has 0 spiro atoms. The van der Waals surface area contributed by atoms with E-state index in [0.717, 1.165) is 0 Å². The summed E-state index contributed by atoms with van der Waals surface area (Å²) in [5.74, 6) is 0.0681. The Morgan fingerprint density at radius 2 is 2.13 bits per heavy atom. The molecule has 0 aromatic rings. The number of ether oxygens (including phenoxy) is 1. The number of carbonyl (C=O) groups excluding carboxylic acids is 1. The van der Waals surface area contributed by atoms with E-state index in [4.69, 9.17) is 15.7 Å². The number of nitrogens with zero attached hydrogens (tertiary/aromatic N) is 1. The zero-order valence-electron chi connectivity index (χ0n) is 9.57. The Morgan fingerprint density at radius 1 is 1.60 bits per heavy atom. The van der Waals surface area contributed by atoms with Gasteiger partial charge in [-0.1, -0.05) is 5.16 Å². The smallest absolute Gasteiger partial charge is 0.407 e. The lowest BCUT2D eigenvalue weighted by molar-refractivity contribution is 0.0510. The summed E-state index contributed by atoms with van der Waals surface area (Å²) < 4.78 is 5.03. The first-order chi connectivity index (χ1) is 6.74. The van der Waals surface area contributed by atoms with Gasteiger partial charge >= 0.3 is 6.09 Å². The molecule has 0 aliphatic rings. The van der Waals surface area contributed by atoms with Gasteiger partial charge in [0.15, 0.2) is 0 Å². The van der Waals surface area contributed by atoms with Crippen LogP contribution in [0.15, 0.2) is 5.16 Å². The minimum absolute atomic E-state index is 0.0681. The maximum absolute atomic E-state index is 11.3. The van der Waals surface area contributed by atoms with Crippen molar-refractivity contribution in [2.75, 3.05) is 0 Å². The molecule has 0 heterocycles. The molecule has 0 unspecified atom stereocenters. The molecule has 0 saturated carbocycles. The highest BCUT2D eigenvalue weighted by molar-refractivity contribution is 5.80. The third-order valence-electron chi connectivity index (χ3n) is 1.41. The Morgan fingerprint density at radius 3 is 2.53 bits per heavy atom. The Bertz CT molecular complexity index is 245. The third-order valence-corrected chi connectivity index (χ3v) is 1.41. The van der Waals surface area contributed by atoms with Crippen LogP contribution in [0.4, 0.5) is 4.79 Å². The van der Waals surface area contributed by atoms with Crippen LogP contribution in [0.1, 0.15) is 34.1 Å². The van der Waals surface area contributed by atoms with Gasteiger partial charge in [0, 0.05) is 12.5 Å². The molecular weight excluding hydrogens is 198 g/mol. The summed E-state index contributed by atoms with van der Waals surface area (Å²) in [7, 11) is 0. The topological polar surface area (TPSA) is 96.9 Å². The molecule has 0 fully saturated rings. The van der Waals surface area contributed by atoms with E-state index in [2.05, 4.69) is 10.5 Å². The fourth-order valence-electron chi connectivity index (χ4n) is 0.914. The first kappa shape index (κ1) is 13.5. The fourth-order valence-corrected chi connectivity index (χ4v) is 0.914. The van der Waals surface area contributed by atoms with E-state index >= 15 is 0 Å². The lowest BCUT2D eigenvalue weighted by Gasteiger charge is -2.21. The molecule has 6 heteroatoms. The van der Waals surface area contributed by atoms with Crippen LogP contribution in [-0.2, 0) is 4.74 Å². The summed E-state index contributed by atoms with van der Waals surface area (Å²) in [5, 5.41) is 13.7. The molecule has 0 aliphatic carbocycles. The van der Waals surface area contributed by atoms with Crippen LogP contribution in [0, 0.1) is 0 Å². The van der Waals surface area contributed by atoms with Gasteiger partial charge < -0.3 is 21.0 Å². The summed E-state index contributed by atoms with van der Waals surface area (Å²) in [4.78, 5) is 11.3. The van der Waals surface area contributed by atoms with E-state index in [1.54, 1.807) is 27.7 Å². The largest absolute Gasteiger partial charge is 0.444 e. The molecule has 4 N–H and O–H groups in total. The first-order valence-electron chi connectivity index (χ1n) is 4.70. The van der Waals surface area contributed by atoms with Crippen LogP contribution >= 0.6 is 0 Å². The average molecular weight is 217 g/mol. The fraction of sp³-hybridized carbons (Fsp3) is 0.778. The van der Waals surface area contributed by atoms with Crippen LogP contribution < -0.4 is 11.1 Å². The van der Waals surface area contributed by atoms with Crippen LogP contribution in [0.3, 0.4) is 0 Å². The monoisotopic (exact) mass is 217 g/mol. The number of hydrogen-bond acceptors (Lipinski definition) is 4. The lowest BCUT2D eigenvalue weighted by Crippen LogP contribution is -2.39. The summed E-state index contributed by atoms with van der Waals surface area (Å²) in [6.07, 6.45) is -0.240. The van der Waals surface area contributed by atoms with Crippen LogP contribution in [0.5, 0.6) is 0 Å². The highest BCUT2D eigenvalue weighted by Gasteiger charge is 2.17. The molecule has 0 aromatic carbocycles. The number of carbonyl (C=O) groups is 1. The van der Waals surface area contributed by atoms with Crippen molar-refractivity contribution < 1.29 is 14.7 Å². The van der Waals surface area contributed by atoms with Crippen molar-refractivity contribution in [3.63, 3.8) is 0 Å². The van der Waals surface area contributed by atoms with Crippen molar-refractivity contribution in [2.24, 2.45) is 10.9 Å². The van der Waals surface area contributed by atoms with Crippen molar-refractivity contribution in [3.8, 4) is 0 Å². The second-order valence-electron chi connectivity index (χ2n) is 4.34. The predicted octanol–water partition coefficient (Wildman–Crippen LogP) is 1.04. The summed E-state index contributed by atoms with van der Waals surface area (Å²) in [5.41, 5.74) is 4.76. The van der Waals surface area contributed by atoms with Gasteiger partial charge in [-0.05, 0) is 27.7 Å². The van der Waals surface area contributed by atoms with Crippen LogP contribution in [0.25, 0.3) is 0 Å². The zero-order chi connectivity index (χ0) is 12.1. The number of oxime groups is 1. The molecular formula is C9H19N3O3. The van der Waals surface area contributed by atoms with E-state index in [-0.39, 0.29) is 18.3 Å². The highest BCUT2D eigenvalue weighted by Crippen LogP contribution is 2.06. The number of nitrogens with two attached hydrogens (primary N) is 1. The molecule has 0 bridgehead atoms. The lowest BCUT2D eigenvalue weighted by atomic mass is 10.2. The predicted molar refractivity (Wildman–Crippen MR) is 56.9 cm³/mol. The van der Waals surface area contributed by atoms with Crippen LogP contribution in [-0.4, -0.2) is 28.8 Å². The van der Waals surface area contributed by atoms with Gasteiger partial charge in [-0.25, -0.2) is 4.79 Å². The molecule has 1 atom stereocenters. The van der Waals surface area contributed by atoms with Gasteiger partial charge in [0.1, 0.15) is 11.4 Å². The first-order valence-corrected chi connectivity index (χ1v) is 4.70. The maximum Gasteiger partial charge on any atom is 0.407 e. The Hall–Kier alpha value is -1.46. The summed E-state index contributed by atoms with van der Waals surface area (Å²) in [6, 6.07) is -0.240. The van der Waals surface area contributed by atoms with E-state index in [0.29, 0.717) is 0 Å². The molecule has 88 valence electrons. The Balaban J connectivity index is 3.97. The van der Waals surface area contributed by atoms with Gasteiger partial charge in [-0.3, -0.25) is 0 Å². The molecule has 0 aromatic heterocycles. The normalized spacial score (nSPS) is 14.5.